The van der Waals surface area contributed by atoms with Crippen LogP contribution in [0.1, 0.15) is 35.7 Å². The van der Waals surface area contributed by atoms with Crippen molar-refractivity contribution >= 4 is 45.3 Å². The van der Waals surface area contributed by atoms with Crippen molar-refractivity contribution in [3.63, 3.8) is 0 Å². The largest absolute Gasteiger partial charge is 0.352 e. The number of amides is 2. The lowest BCUT2D eigenvalue weighted by molar-refractivity contribution is -0.140. The fourth-order valence-corrected chi connectivity index (χ4v) is 5.59. The van der Waals surface area contributed by atoms with Gasteiger partial charge in [-0.25, -0.2) is 0 Å². The fourth-order valence-electron chi connectivity index (χ4n) is 5.22. The van der Waals surface area contributed by atoms with E-state index in [2.05, 4.69) is 15.9 Å². The van der Waals surface area contributed by atoms with E-state index >= 15 is 0 Å². The summed E-state index contributed by atoms with van der Waals surface area (Å²) >= 11 is 3.51. The summed E-state index contributed by atoms with van der Waals surface area (Å²) in [5, 5.41) is 0. The first-order valence-corrected chi connectivity index (χ1v) is 11.5. The molecule has 158 valence electrons. The fraction of sp³-hybridized carbons (Fsp3) is 0.320. The van der Waals surface area contributed by atoms with Crippen LogP contribution in [0.2, 0.25) is 0 Å². The molecule has 3 heterocycles. The Bertz CT molecular complexity index is 1100. The summed E-state index contributed by atoms with van der Waals surface area (Å²) < 4.78 is 0.942. The van der Waals surface area contributed by atoms with Gasteiger partial charge in [-0.15, -0.1) is 0 Å². The SMILES string of the molecule is CCCCN1C(=O)[C@@H]2[C@H](C1=O)[C@@H](C(=O)c1ccccc1)N1c3ccc(Br)cc3C=C[C@@H]21. The van der Waals surface area contributed by atoms with Gasteiger partial charge >= 0.3 is 0 Å². The number of benzene rings is 2. The highest BCUT2D eigenvalue weighted by Crippen LogP contribution is 2.49. The van der Waals surface area contributed by atoms with Crippen LogP contribution >= 0.6 is 15.9 Å². The molecule has 5 nitrogen and oxygen atoms in total. The van der Waals surface area contributed by atoms with E-state index in [0.29, 0.717) is 12.1 Å². The number of unbranched alkanes of at least 4 members (excludes halogenated alkanes) is 1. The third kappa shape index (κ3) is 3.07. The van der Waals surface area contributed by atoms with E-state index in [9.17, 15) is 14.4 Å². The summed E-state index contributed by atoms with van der Waals surface area (Å²) in [6.07, 6.45) is 5.66. The van der Waals surface area contributed by atoms with Gasteiger partial charge in [0.2, 0.25) is 11.8 Å². The Morgan fingerprint density at radius 1 is 1.03 bits per heavy atom. The molecule has 2 aromatic carbocycles. The lowest BCUT2D eigenvalue weighted by Crippen LogP contribution is -2.48. The molecule has 3 aliphatic heterocycles. The molecular weight excluding hydrogens is 456 g/mol. The third-order valence-electron chi connectivity index (χ3n) is 6.62. The molecule has 3 aliphatic rings. The van der Waals surface area contributed by atoms with E-state index in [1.165, 1.54) is 4.90 Å². The predicted octanol–water partition coefficient (Wildman–Crippen LogP) is 4.32. The van der Waals surface area contributed by atoms with Crippen LogP contribution in [0.3, 0.4) is 0 Å². The molecule has 0 aromatic heterocycles. The van der Waals surface area contributed by atoms with Crippen molar-refractivity contribution in [1.82, 2.24) is 4.90 Å². The normalized spacial score (nSPS) is 26.1. The monoisotopic (exact) mass is 478 g/mol. The van der Waals surface area contributed by atoms with Crippen LogP contribution < -0.4 is 4.90 Å². The minimum Gasteiger partial charge on any atom is -0.352 e. The molecule has 2 aromatic rings. The maximum Gasteiger partial charge on any atom is 0.235 e. The molecule has 0 bridgehead atoms. The van der Waals surface area contributed by atoms with Crippen molar-refractivity contribution in [2.75, 3.05) is 11.4 Å². The second-order valence-corrected chi connectivity index (χ2v) is 9.28. The maximum atomic E-state index is 13.7. The Labute approximate surface area is 189 Å². The quantitative estimate of drug-likeness (QED) is 0.474. The number of carbonyl (C=O) groups is 3. The molecule has 6 heteroatoms. The molecule has 2 amide bonds. The van der Waals surface area contributed by atoms with Gasteiger partial charge in [-0.3, -0.25) is 19.3 Å². The molecule has 0 saturated carbocycles. The van der Waals surface area contributed by atoms with Gasteiger partial charge in [0.25, 0.3) is 0 Å². The molecular formula is C25H23BrN2O3. The van der Waals surface area contributed by atoms with Crippen molar-refractivity contribution in [3.05, 3.63) is 70.2 Å². The summed E-state index contributed by atoms with van der Waals surface area (Å²) in [4.78, 5) is 44.0. The Morgan fingerprint density at radius 3 is 2.52 bits per heavy atom. The number of Topliss-reactive ketones (excluding diaryl/α,β-unsaturated/α-hetero) is 1. The van der Waals surface area contributed by atoms with Gasteiger partial charge in [-0.2, -0.15) is 0 Å². The number of ketones is 1. The first kappa shape index (κ1) is 20.2. The number of nitrogens with zero attached hydrogens (tertiary/aromatic N) is 2. The zero-order valence-corrected chi connectivity index (χ0v) is 18.8. The van der Waals surface area contributed by atoms with E-state index < -0.39 is 17.9 Å². The van der Waals surface area contributed by atoms with Crippen molar-refractivity contribution in [2.24, 2.45) is 11.8 Å². The van der Waals surface area contributed by atoms with Crippen LogP contribution in [0.25, 0.3) is 6.08 Å². The molecule has 0 spiro atoms. The Kier molecular flexibility index (Phi) is 5.05. The summed E-state index contributed by atoms with van der Waals surface area (Å²) in [6, 6.07) is 14.0. The van der Waals surface area contributed by atoms with E-state index in [1.54, 1.807) is 12.1 Å². The lowest BCUT2D eigenvalue weighted by atomic mass is 9.86. The molecule has 0 radical (unpaired) electrons. The Balaban J connectivity index is 1.63. The Morgan fingerprint density at radius 2 is 1.77 bits per heavy atom. The molecule has 4 atom stereocenters. The van der Waals surface area contributed by atoms with Gasteiger partial charge in [0.15, 0.2) is 5.78 Å². The Hall–Kier alpha value is -2.73. The molecule has 5 rings (SSSR count). The van der Waals surface area contributed by atoms with Crippen LogP contribution in [-0.2, 0) is 9.59 Å². The van der Waals surface area contributed by atoms with Crippen molar-refractivity contribution < 1.29 is 14.4 Å². The molecule has 0 N–H and O–H groups in total. The highest BCUT2D eigenvalue weighted by atomic mass is 79.9. The van der Waals surface area contributed by atoms with Crippen molar-refractivity contribution in [1.29, 1.82) is 0 Å². The molecule has 2 fully saturated rings. The standard InChI is InChI=1S/C25H23BrN2O3/c1-2-3-13-27-24(30)20-19-11-9-16-14-17(26)10-12-18(16)28(19)22(21(20)25(27)31)23(29)15-7-5-4-6-8-15/h4-12,14,19-22H,2-3,13H2,1H3/t19-,20-,21-,22-/m0/s1. The van der Waals surface area contributed by atoms with Crippen molar-refractivity contribution in [2.45, 2.75) is 31.8 Å². The second-order valence-electron chi connectivity index (χ2n) is 8.37. The summed E-state index contributed by atoms with van der Waals surface area (Å²) in [5.74, 6) is -1.66. The van der Waals surface area contributed by atoms with Gasteiger partial charge in [0.1, 0.15) is 6.04 Å². The number of fused-ring (bicyclic) bond motifs is 5. The van der Waals surface area contributed by atoms with E-state index in [4.69, 9.17) is 0 Å². The topological polar surface area (TPSA) is 57.7 Å². The predicted molar refractivity (Wildman–Crippen MR) is 123 cm³/mol. The highest BCUT2D eigenvalue weighted by Gasteiger charge is 2.63. The number of halogens is 1. The first-order valence-electron chi connectivity index (χ1n) is 10.7. The average molecular weight is 479 g/mol. The number of rotatable bonds is 5. The van der Waals surface area contributed by atoms with E-state index in [1.807, 2.05) is 60.4 Å². The van der Waals surface area contributed by atoms with E-state index in [0.717, 1.165) is 28.6 Å². The minimum absolute atomic E-state index is 0.110. The van der Waals surface area contributed by atoms with Gasteiger partial charge in [-0.05, 0) is 30.2 Å². The minimum atomic E-state index is -0.703. The second kappa shape index (κ2) is 7.75. The van der Waals surface area contributed by atoms with Crippen LogP contribution in [0, 0.1) is 11.8 Å². The smallest absolute Gasteiger partial charge is 0.235 e. The maximum absolute atomic E-state index is 13.7. The average Bonchev–Trinajstić information content (AvgIpc) is 3.25. The van der Waals surface area contributed by atoms with E-state index in [-0.39, 0.29) is 23.6 Å². The van der Waals surface area contributed by atoms with Crippen LogP contribution in [0.4, 0.5) is 5.69 Å². The van der Waals surface area contributed by atoms with Gasteiger partial charge in [0, 0.05) is 22.3 Å². The van der Waals surface area contributed by atoms with Gasteiger partial charge in [0.05, 0.1) is 17.9 Å². The summed E-state index contributed by atoms with van der Waals surface area (Å²) in [6.45, 7) is 2.46. The number of imide groups is 1. The summed E-state index contributed by atoms with van der Waals surface area (Å²) in [5.41, 5.74) is 2.42. The van der Waals surface area contributed by atoms with Crippen LogP contribution in [0.5, 0.6) is 0 Å². The van der Waals surface area contributed by atoms with Gasteiger partial charge in [-0.1, -0.05) is 71.8 Å². The molecule has 0 aliphatic carbocycles. The third-order valence-corrected chi connectivity index (χ3v) is 7.11. The molecule has 31 heavy (non-hydrogen) atoms. The number of hydrogen-bond donors (Lipinski definition) is 0. The first-order chi connectivity index (χ1) is 15.0. The lowest BCUT2D eigenvalue weighted by Gasteiger charge is -2.36. The van der Waals surface area contributed by atoms with Crippen LogP contribution in [0.15, 0.2) is 59.1 Å². The van der Waals surface area contributed by atoms with Crippen molar-refractivity contribution in [3.8, 4) is 0 Å². The van der Waals surface area contributed by atoms with Crippen LogP contribution in [-0.4, -0.2) is 41.1 Å². The summed E-state index contributed by atoms with van der Waals surface area (Å²) in [7, 11) is 0. The highest BCUT2D eigenvalue weighted by molar-refractivity contribution is 9.10. The number of likely N-dealkylation sites (tertiary alicyclic amines) is 1. The molecule has 2 saturated heterocycles. The number of carbonyl (C=O) groups excluding carboxylic acids is 3. The van der Waals surface area contributed by atoms with Gasteiger partial charge < -0.3 is 4.90 Å². The number of hydrogen-bond acceptors (Lipinski definition) is 4. The number of anilines is 1. The zero-order valence-electron chi connectivity index (χ0n) is 17.2. The zero-order chi connectivity index (χ0) is 21.7. The molecule has 0 unspecified atom stereocenters.